The summed E-state index contributed by atoms with van der Waals surface area (Å²) in [6.45, 7) is 4.84. The molecule has 0 radical (unpaired) electrons. The molecule has 118 valence electrons. The smallest absolute Gasteiger partial charge is 0.127 e. The largest absolute Gasteiger partial charge is 0.305 e. The maximum Gasteiger partial charge on any atom is 0.127 e. The van der Waals surface area contributed by atoms with Gasteiger partial charge in [0.1, 0.15) is 5.82 Å². The highest BCUT2D eigenvalue weighted by Gasteiger charge is 2.04. The molecule has 0 aliphatic rings. The molecule has 0 unspecified atom stereocenters. The first-order chi connectivity index (χ1) is 10.6. The number of hydrogen-bond acceptors (Lipinski definition) is 4. The minimum atomic E-state index is 0.863. The number of nitrogens with zero attached hydrogens (tertiary/aromatic N) is 4. The highest BCUT2D eigenvalue weighted by Crippen LogP contribution is 2.11. The van der Waals surface area contributed by atoms with E-state index in [1.54, 1.807) is 0 Å². The zero-order valence-electron chi connectivity index (χ0n) is 14.1. The van der Waals surface area contributed by atoms with Crippen LogP contribution < -0.4 is 0 Å². The Morgan fingerprint density at radius 3 is 2.05 bits per heavy atom. The third kappa shape index (κ3) is 5.20. The molecule has 0 amide bonds. The Hall–Kier alpha value is -1.78. The normalized spacial score (nSPS) is 11.4. The molecule has 0 atom stereocenters. The second-order valence-electron chi connectivity index (χ2n) is 6.09. The summed E-state index contributed by atoms with van der Waals surface area (Å²) >= 11 is 0. The van der Waals surface area contributed by atoms with Crippen LogP contribution in [0, 0.1) is 0 Å². The summed E-state index contributed by atoms with van der Waals surface area (Å²) in [7, 11) is 6.32. The molecule has 0 N–H and O–H groups in total. The third-order valence-electron chi connectivity index (χ3n) is 3.47. The topological polar surface area (TPSA) is 32.3 Å². The molecule has 0 aliphatic carbocycles. The number of benzene rings is 1. The van der Waals surface area contributed by atoms with Crippen LogP contribution in [0.4, 0.5) is 0 Å². The predicted octanol–water partition coefficient (Wildman–Crippen LogP) is 2.73. The molecule has 0 spiro atoms. The number of rotatable bonds is 7. The van der Waals surface area contributed by atoms with E-state index in [2.05, 4.69) is 72.1 Å². The molecule has 1 heterocycles. The Morgan fingerprint density at radius 1 is 0.864 bits per heavy atom. The predicted molar refractivity (Wildman–Crippen MR) is 90.4 cm³/mol. The van der Waals surface area contributed by atoms with Crippen molar-refractivity contribution in [3.8, 4) is 0 Å². The van der Waals surface area contributed by atoms with Crippen LogP contribution in [0.1, 0.15) is 29.4 Å². The first-order valence-corrected chi connectivity index (χ1v) is 7.77. The molecule has 2 rings (SSSR count). The minimum Gasteiger partial charge on any atom is -0.305 e. The molecule has 0 saturated carbocycles. The van der Waals surface area contributed by atoms with E-state index in [-0.39, 0.29) is 0 Å². The van der Waals surface area contributed by atoms with Crippen molar-refractivity contribution in [2.45, 2.75) is 33.0 Å². The fourth-order valence-corrected chi connectivity index (χ4v) is 2.52. The van der Waals surface area contributed by atoms with Crippen LogP contribution in [-0.2, 0) is 26.1 Å². The van der Waals surface area contributed by atoms with Gasteiger partial charge in [-0.2, -0.15) is 0 Å². The van der Waals surface area contributed by atoms with Crippen molar-refractivity contribution in [1.29, 1.82) is 0 Å². The van der Waals surface area contributed by atoms with E-state index < -0.39 is 0 Å². The highest BCUT2D eigenvalue weighted by atomic mass is 15.1. The lowest BCUT2D eigenvalue weighted by Gasteiger charge is -2.17. The maximum absolute atomic E-state index is 4.36. The molecular formula is C18H26N4. The van der Waals surface area contributed by atoms with Crippen LogP contribution in [0.3, 0.4) is 0 Å². The number of aromatic nitrogens is 2. The quantitative estimate of drug-likeness (QED) is 0.787. The van der Waals surface area contributed by atoms with Gasteiger partial charge in [-0.25, -0.2) is 9.97 Å². The van der Waals surface area contributed by atoms with Crippen LogP contribution in [0.5, 0.6) is 0 Å². The van der Waals surface area contributed by atoms with Crippen molar-refractivity contribution in [1.82, 2.24) is 19.8 Å². The first-order valence-electron chi connectivity index (χ1n) is 7.77. The van der Waals surface area contributed by atoms with Crippen molar-refractivity contribution in [3.63, 3.8) is 0 Å². The van der Waals surface area contributed by atoms with Crippen LogP contribution in [0.2, 0.25) is 0 Å². The van der Waals surface area contributed by atoms with E-state index in [9.17, 15) is 0 Å². The Morgan fingerprint density at radius 2 is 1.45 bits per heavy atom. The van der Waals surface area contributed by atoms with Gasteiger partial charge in [0.15, 0.2) is 0 Å². The Labute approximate surface area is 133 Å². The van der Waals surface area contributed by atoms with Gasteiger partial charge in [-0.3, -0.25) is 4.90 Å². The van der Waals surface area contributed by atoms with Crippen LogP contribution in [0.15, 0.2) is 36.7 Å². The molecule has 2 aromatic rings. The molecule has 1 aromatic carbocycles. The van der Waals surface area contributed by atoms with E-state index in [4.69, 9.17) is 0 Å². The minimum absolute atomic E-state index is 0.863. The van der Waals surface area contributed by atoms with E-state index in [0.29, 0.717) is 0 Å². The fourth-order valence-electron chi connectivity index (χ4n) is 2.52. The fraction of sp³-hybridized carbons (Fsp3) is 0.444. The molecular weight excluding hydrogens is 272 g/mol. The van der Waals surface area contributed by atoms with Crippen LogP contribution in [-0.4, -0.2) is 40.9 Å². The monoisotopic (exact) mass is 298 g/mol. The molecule has 1 aromatic heterocycles. The van der Waals surface area contributed by atoms with Gasteiger partial charge in [-0.15, -0.1) is 0 Å². The van der Waals surface area contributed by atoms with Crippen molar-refractivity contribution in [2.24, 2.45) is 0 Å². The Balaban J connectivity index is 1.94. The lowest BCUT2D eigenvalue weighted by atomic mass is 10.1. The Bertz CT molecular complexity index is 578. The van der Waals surface area contributed by atoms with Gasteiger partial charge < -0.3 is 4.90 Å². The summed E-state index contributed by atoms with van der Waals surface area (Å²) in [5.41, 5.74) is 3.85. The van der Waals surface area contributed by atoms with E-state index >= 15 is 0 Å². The van der Waals surface area contributed by atoms with Gasteiger partial charge in [0, 0.05) is 44.0 Å². The molecule has 4 heteroatoms. The second kappa shape index (κ2) is 8.01. The van der Waals surface area contributed by atoms with Crippen LogP contribution >= 0.6 is 0 Å². The average Bonchev–Trinajstić information content (AvgIpc) is 2.47. The van der Waals surface area contributed by atoms with Gasteiger partial charge in [-0.05, 0) is 32.3 Å². The van der Waals surface area contributed by atoms with E-state index in [1.807, 2.05) is 12.4 Å². The summed E-state index contributed by atoms with van der Waals surface area (Å²) in [5.74, 6) is 0.905. The van der Waals surface area contributed by atoms with Gasteiger partial charge in [-0.1, -0.05) is 31.2 Å². The lowest BCUT2D eigenvalue weighted by Crippen LogP contribution is -2.18. The van der Waals surface area contributed by atoms with Gasteiger partial charge in [0.2, 0.25) is 0 Å². The second-order valence-corrected chi connectivity index (χ2v) is 6.09. The van der Waals surface area contributed by atoms with Gasteiger partial charge >= 0.3 is 0 Å². The standard InChI is InChI=1S/C18H26N4/c1-5-18-19-10-17(11-20-18)14-22(4)13-16-8-6-7-15(9-16)12-21(2)3/h6-11H,5,12-14H2,1-4H3. The summed E-state index contributed by atoms with van der Waals surface area (Å²) < 4.78 is 0. The van der Waals surface area contributed by atoms with Gasteiger partial charge in [0.05, 0.1) is 0 Å². The summed E-state index contributed by atoms with van der Waals surface area (Å²) in [6, 6.07) is 8.79. The zero-order chi connectivity index (χ0) is 15.9. The molecule has 0 bridgehead atoms. The lowest BCUT2D eigenvalue weighted by molar-refractivity contribution is 0.318. The molecule has 4 nitrogen and oxygen atoms in total. The van der Waals surface area contributed by atoms with Gasteiger partial charge in [0.25, 0.3) is 0 Å². The van der Waals surface area contributed by atoms with Crippen molar-refractivity contribution >= 4 is 0 Å². The average molecular weight is 298 g/mol. The number of hydrogen-bond donors (Lipinski definition) is 0. The Kier molecular flexibility index (Phi) is 6.04. The summed E-state index contributed by atoms with van der Waals surface area (Å²) in [4.78, 5) is 13.2. The van der Waals surface area contributed by atoms with Crippen molar-refractivity contribution in [2.75, 3.05) is 21.1 Å². The molecule has 0 aliphatic heterocycles. The molecule has 0 fully saturated rings. The van der Waals surface area contributed by atoms with E-state index in [0.717, 1.165) is 37.4 Å². The summed E-state index contributed by atoms with van der Waals surface area (Å²) in [5, 5.41) is 0. The first kappa shape index (κ1) is 16.6. The zero-order valence-corrected chi connectivity index (χ0v) is 14.1. The third-order valence-corrected chi connectivity index (χ3v) is 3.47. The number of aryl methyl sites for hydroxylation is 1. The molecule has 0 saturated heterocycles. The van der Waals surface area contributed by atoms with E-state index in [1.165, 1.54) is 11.1 Å². The SMILES string of the molecule is CCc1ncc(CN(C)Cc2cccc(CN(C)C)c2)cn1. The molecule has 22 heavy (non-hydrogen) atoms. The van der Waals surface area contributed by atoms with Crippen molar-refractivity contribution < 1.29 is 0 Å². The van der Waals surface area contributed by atoms with Crippen LogP contribution in [0.25, 0.3) is 0 Å². The van der Waals surface area contributed by atoms with Crippen molar-refractivity contribution in [3.05, 3.63) is 59.2 Å². The summed E-state index contributed by atoms with van der Waals surface area (Å²) in [6.07, 6.45) is 4.75. The highest BCUT2D eigenvalue weighted by molar-refractivity contribution is 5.23. The maximum atomic E-state index is 4.36.